The Morgan fingerprint density at radius 1 is 1.14 bits per heavy atom. The summed E-state index contributed by atoms with van der Waals surface area (Å²) in [4.78, 5) is 2.51. The van der Waals surface area contributed by atoms with Crippen LogP contribution in [0.2, 0.25) is 0 Å². The van der Waals surface area contributed by atoms with Gasteiger partial charge in [0, 0.05) is 15.7 Å². The Balaban J connectivity index is 1.89. The molecule has 2 heterocycles. The molecule has 0 aliphatic carbocycles. The lowest BCUT2D eigenvalue weighted by molar-refractivity contribution is 0.228. The van der Waals surface area contributed by atoms with Crippen LogP contribution in [0.4, 0.5) is 0 Å². The number of rotatable bonds is 2. The van der Waals surface area contributed by atoms with E-state index in [4.69, 9.17) is 15.2 Å². The summed E-state index contributed by atoms with van der Waals surface area (Å²) in [7, 11) is 0. The highest BCUT2D eigenvalue weighted by Gasteiger charge is 2.18. The van der Waals surface area contributed by atoms with Gasteiger partial charge in [-0.15, -0.1) is 11.3 Å². The summed E-state index contributed by atoms with van der Waals surface area (Å²) in [6.07, 6.45) is 0. The number of thiophene rings is 1. The van der Waals surface area contributed by atoms with E-state index in [2.05, 4.69) is 26.8 Å². The van der Waals surface area contributed by atoms with E-state index in [1.807, 2.05) is 18.2 Å². The van der Waals surface area contributed by atoms with Gasteiger partial charge in [0.1, 0.15) is 0 Å². The van der Waals surface area contributed by atoms with Crippen LogP contribution in [0, 0.1) is 19.8 Å². The first-order chi connectivity index (χ1) is 10.0. The van der Waals surface area contributed by atoms with E-state index in [-0.39, 0.29) is 6.04 Å². The van der Waals surface area contributed by atoms with Crippen molar-refractivity contribution in [3.63, 3.8) is 0 Å². The van der Waals surface area contributed by atoms with Crippen LogP contribution in [0.5, 0.6) is 11.5 Å². The normalized spacial score (nSPS) is 19.1. The van der Waals surface area contributed by atoms with Gasteiger partial charge in [0.2, 0.25) is 0 Å². The molecule has 0 radical (unpaired) electrons. The molecule has 0 amide bonds. The van der Waals surface area contributed by atoms with E-state index in [0.29, 0.717) is 19.1 Å². The summed E-state index contributed by atoms with van der Waals surface area (Å²) in [6.45, 7) is 7.75. The van der Waals surface area contributed by atoms with Crippen LogP contribution < -0.4 is 15.2 Å². The molecule has 3 rings (SSSR count). The van der Waals surface area contributed by atoms with Crippen LogP contribution in [-0.4, -0.2) is 13.2 Å². The third-order valence-corrected chi connectivity index (χ3v) is 5.10. The van der Waals surface area contributed by atoms with Crippen molar-refractivity contribution in [2.45, 2.75) is 26.8 Å². The molecule has 2 unspecified atom stereocenters. The first-order valence-corrected chi connectivity index (χ1v) is 8.08. The van der Waals surface area contributed by atoms with Gasteiger partial charge in [-0.05, 0) is 43.2 Å². The molecule has 0 spiro atoms. The fourth-order valence-corrected chi connectivity index (χ4v) is 3.45. The van der Waals surface area contributed by atoms with Crippen molar-refractivity contribution in [1.29, 1.82) is 0 Å². The van der Waals surface area contributed by atoms with Crippen LogP contribution in [0.25, 0.3) is 0 Å². The molecule has 0 bridgehead atoms. The van der Waals surface area contributed by atoms with Crippen LogP contribution in [0.3, 0.4) is 0 Å². The van der Waals surface area contributed by atoms with Gasteiger partial charge in [-0.2, -0.15) is 0 Å². The zero-order valence-corrected chi connectivity index (χ0v) is 13.5. The van der Waals surface area contributed by atoms with Gasteiger partial charge in [-0.3, -0.25) is 0 Å². The summed E-state index contributed by atoms with van der Waals surface area (Å²) in [6, 6.07) is 8.08. The van der Waals surface area contributed by atoms with Gasteiger partial charge in [0.15, 0.2) is 11.5 Å². The van der Waals surface area contributed by atoms with Crippen molar-refractivity contribution in [2.24, 2.45) is 11.7 Å². The van der Waals surface area contributed by atoms with Crippen LogP contribution in [0.15, 0.2) is 24.3 Å². The number of benzene rings is 1. The molecular weight excluding hydrogens is 282 g/mol. The number of nitrogens with two attached hydrogens (primary N) is 1. The molecular formula is C17H21NO2S. The Kier molecular flexibility index (Phi) is 3.91. The predicted octanol–water partition coefficient (Wildman–Crippen LogP) is 3.82. The lowest BCUT2D eigenvalue weighted by Gasteiger charge is -2.13. The predicted molar refractivity (Wildman–Crippen MR) is 86.4 cm³/mol. The fraction of sp³-hybridized carbons (Fsp3) is 0.412. The van der Waals surface area contributed by atoms with Crippen LogP contribution in [-0.2, 0) is 0 Å². The number of hydrogen-bond donors (Lipinski definition) is 1. The first-order valence-electron chi connectivity index (χ1n) is 7.26. The highest BCUT2D eigenvalue weighted by atomic mass is 32.1. The lowest BCUT2D eigenvalue weighted by Crippen LogP contribution is -2.12. The highest BCUT2D eigenvalue weighted by Crippen LogP contribution is 2.35. The molecule has 2 atom stereocenters. The zero-order valence-electron chi connectivity index (χ0n) is 12.7. The highest BCUT2D eigenvalue weighted by molar-refractivity contribution is 7.12. The largest absolute Gasteiger partial charge is 0.489 e. The second kappa shape index (κ2) is 5.70. The minimum atomic E-state index is -0.114. The van der Waals surface area contributed by atoms with E-state index >= 15 is 0 Å². The zero-order chi connectivity index (χ0) is 15.0. The molecule has 1 aliphatic heterocycles. The standard InChI is InChI=1S/C17H21NO2S/c1-10-8-19-14-5-4-13(7-15(14)20-9-10)17(18)16-6-11(2)12(3)21-16/h4-7,10,17H,8-9,18H2,1-3H3. The van der Waals surface area contributed by atoms with Gasteiger partial charge in [-0.1, -0.05) is 13.0 Å². The molecule has 0 saturated carbocycles. The third-order valence-electron chi connectivity index (χ3n) is 3.87. The summed E-state index contributed by atoms with van der Waals surface area (Å²) in [5, 5.41) is 0. The molecule has 1 aromatic carbocycles. The van der Waals surface area contributed by atoms with E-state index in [1.165, 1.54) is 15.3 Å². The first kappa shape index (κ1) is 14.4. The monoisotopic (exact) mass is 303 g/mol. The Labute approximate surface area is 129 Å². The van der Waals surface area contributed by atoms with Crippen molar-refractivity contribution >= 4 is 11.3 Å². The number of hydrogen-bond acceptors (Lipinski definition) is 4. The van der Waals surface area contributed by atoms with E-state index in [9.17, 15) is 0 Å². The van der Waals surface area contributed by atoms with E-state index in [1.54, 1.807) is 11.3 Å². The van der Waals surface area contributed by atoms with Crippen molar-refractivity contribution in [1.82, 2.24) is 0 Å². The van der Waals surface area contributed by atoms with Gasteiger partial charge in [0.25, 0.3) is 0 Å². The quantitative estimate of drug-likeness (QED) is 0.917. The van der Waals surface area contributed by atoms with Crippen molar-refractivity contribution in [2.75, 3.05) is 13.2 Å². The Bertz CT molecular complexity index is 631. The fourth-order valence-electron chi connectivity index (χ4n) is 2.38. The average Bonchev–Trinajstić information content (AvgIpc) is 2.70. The minimum absolute atomic E-state index is 0.114. The maximum Gasteiger partial charge on any atom is 0.161 e. The summed E-state index contributed by atoms with van der Waals surface area (Å²) >= 11 is 1.76. The average molecular weight is 303 g/mol. The molecule has 21 heavy (non-hydrogen) atoms. The molecule has 1 aromatic heterocycles. The second-order valence-corrected chi connectivity index (χ2v) is 7.09. The molecule has 4 heteroatoms. The van der Waals surface area contributed by atoms with Crippen molar-refractivity contribution < 1.29 is 9.47 Å². The van der Waals surface area contributed by atoms with Crippen LogP contribution >= 0.6 is 11.3 Å². The van der Waals surface area contributed by atoms with Crippen molar-refractivity contribution in [3.8, 4) is 11.5 Å². The molecule has 2 aromatic rings. The van der Waals surface area contributed by atoms with Crippen LogP contribution in [0.1, 0.15) is 33.8 Å². The minimum Gasteiger partial charge on any atom is -0.489 e. The summed E-state index contributed by atoms with van der Waals surface area (Å²) in [5.41, 5.74) is 8.77. The Hall–Kier alpha value is -1.52. The molecule has 2 N–H and O–H groups in total. The SMILES string of the molecule is Cc1cc(C(N)c2ccc3c(c2)OCC(C)CO3)sc1C. The third kappa shape index (κ3) is 2.92. The summed E-state index contributed by atoms with van der Waals surface area (Å²) in [5.74, 6) is 2.02. The maximum absolute atomic E-state index is 6.41. The van der Waals surface area contributed by atoms with Crippen molar-refractivity contribution in [3.05, 3.63) is 45.1 Å². The number of aryl methyl sites for hydroxylation is 2. The molecule has 112 valence electrons. The van der Waals surface area contributed by atoms with Gasteiger partial charge in [0.05, 0.1) is 19.3 Å². The van der Waals surface area contributed by atoms with Gasteiger partial charge in [-0.25, -0.2) is 0 Å². The molecule has 0 fully saturated rings. The summed E-state index contributed by atoms with van der Waals surface area (Å²) < 4.78 is 11.6. The van der Waals surface area contributed by atoms with Gasteiger partial charge < -0.3 is 15.2 Å². The smallest absolute Gasteiger partial charge is 0.161 e. The molecule has 1 aliphatic rings. The van der Waals surface area contributed by atoms with E-state index < -0.39 is 0 Å². The number of ether oxygens (including phenoxy) is 2. The second-order valence-electron chi connectivity index (χ2n) is 5.80. The Morgan fingerprint density at radius 3 is 2.52 bits per heavy atom. The molecule has 0 saturated heterocycles. The maximum atomic E-state index is 6.41. The lowest BCUT2D eigenvalue weighted by atomic mass is 10.0. The Morgan fingerprint density at radius 2 is 1.86 bits per heavy atom. The van der Waals surface area contributed by atoms with E-state index in [0.717, 1.165) is 17.1 Å². The topological polar surface area (TPSA) is 44.5 Å². The number of fused-ring (bicyclic) bond motifs is 1. The molecule has 3 nitrogen and oxygen atoms in total. The van der Waals surface area contributed by atoms with Gasteiger partial charge >= 0.3 is 0 Å².